The molecule has 3 rings (SSSR count). The number of pyridine rings is 1. The lowest BCUT2D eigenvalue weighted by molar-refractivity contribution is 0.0985. The van der Waals surface area contributed by atoms with Gasteiger partial charge in [0.15, 0.2) is 15.7 Å². The molecule has 174 valence electrons. The van der Waals surface area contributed by atoms with Crippen molar-refractivity contribution in [2.24, 2.45) is 0 Å². The van der Waals surface area contributed by atoms with Crippen molar-refractivity contribution in [2.45, 2.75) is 38.5 Å². The number of amides is 2. The highest BCUT2D eigenvalue weighted by molar-refractivity contribution is 7.91. The number of hydrogen-bond donors (Lipinski definition) is 2. The Morgan fingerprint density at radius 1 is 1.31 bits per heavy atom. The lowest BCUT2D eigenvalue weighted by Crippen LogP contribution is -2.44. The Labute approximate surface area is 188 Å². The Morgan fingerprint density at radius 3 is 2.66 bits per heavy atom. The monoisotopic (exact) mass is 462 g/mol. The molecule has 0 aromatic carbocycles. The van der Waals surface area contributed by atoms with E-state index in [9.17, 15) is 13.2 Å². The summed E-state index contributed by atoms with van der Waals surface area (Å²) in [4.78, 5) is 27.4. The Morgan fingerprint density at radius 2 is 2.06 bits per heavy atom. The van der Waals surface area contributed by atoms with Crippen LogP contribution in [0.15, 0.2) is 24.4 Å². The van der Waals surface area contributed by atoms with Crippen molar-refractivity contribution in [2.75, 3.05) is 42.8 Å². The van der Waals surface area contributed by atoms with Crippen LogP contribution in [0, 0.1) is 0 Å². The van der Waals surface area contributed by atoms with E-state index in [-0.39, 0.29) is 12.1 Å². The molecule has 11 heteroatoms. The fourth-order valence-corrected chi connectivity index (χ4v) is 3.68. The summed E-state index contributed by atoms with van der Waals surface area (Å²) in [5.74, 6) is 1.39. The zero-order chi connectivity index (χ0) is 23.5. The van der Waals surface area contributed by atoms with Gasteiger partial charge in [-0.25, -0.2) is 28.2 Å². The van der Waals surface area contributed by atoms with E-state index in [2.05, 4.69) is 25.5 Å². The van der Waals surface area contributed by atoms with E-state index < -0.39 is 14.6 Å². The first-order valence-corrected chi connectivity index (χ1v) is 12.4. The Kier molecular flexibility index (Phi) is 6.99. The maximum Gasteiger partial charge on any atom is 0.320 e. The topological polar surface area (TPSA) is 126 Å². The summed E-state index contributed by atoms with van der Waals surface area (Å²) in [6.07, 6.45) is 2.76. The van der Waals surface area contributed by atoms with E-state index in [1.165, 1.54) is 6.26 Å². The van der Waals surface area contributed by atoms with Crippen LogP contribution in [0.5, 0.6) is 0 Å². The fourth-order valence-electron chi connectivity index (χ4n) is 3.20. The van der Waals surface area contributed by atoms with Gasteiger partial charge in [0.2, 0.25) is 0 Å². The van der Waals surface area contributed by atoms with Gasteiger partial charge in [-0.1, -0.05) is 0 Å². The third kappa shape index (κ3) is 5.16. The third-order valence-corrected chi connectivity index (χ3v) is 7.58. The van der Waals surface area contributed by atoms with Gasteiger partial charge in [-0.05, 0) is 39.8 Å². The molecule has 2 N–H and O–H groups in total. The van der Waals surface area contributed by atoms with E-state index in [1.54, 1.807) is 38.2 Å². The van der Waals surface area contributed by atoms with Crippen LogP contribution < -0.4 is 15.5 Å². The average molecular weight is 463 g/mol. The second-order valence-electron chi connectivity index (χ2n) is 8.25. The molecule has 1 aliphatic rings. The fraction of sp³-hybridized carbons (Fsp3) is 0.524. The molecular weight excluding hydrogens is 432 g/mol. The molecule has 0 unspecified atom stereocenters. The van der Waals surface area contributed by atoms with Gasteiger partial charge in [0.05, 0.1) is 24.9 Å². The van der Waals surface area contributed by atoms with Gasteiger partial charge in [-0.2, -0.15) is 0 Å². The summed E-state index contributed by atoms with van der Waals surface area (Å²) in [5, 5.41) is 5.28. The second-order valence-corrected chi connectivity index (χ2v) is 10.8. The van der Waals surface area contributed by atoms with Gasteiger partial charge in [0.25, 0.3) is 0 Å². The van der Waals surface area contributed by atoms with E-state index in [4.69, 9.17) is 9.72 Å². The quantitative estimate of drug-likeness (QED) is 0.669. The van der Waals surface area contributed by atoms with Crippen molar-refractivity contribution in [3.63, 3.8) is 0 Å². The highest BCUT2D eigenvalue weighted by atomic mass is 32.2. The van der Waals surface area contributed by atoms with Crippen LogP contribution in [0.25, 0.3) is 11.4 Å². The zero-order valence-corrected chi connectivity index (χ0v) is 19.9. The normalized spacial score (nSPS) is 17.2. The second kappa shape index (κ2) is 9.37. The van der Waals surface area contributed by atoms with Crippen molar-refractivity contribution < 1.29 is 17.9 Å². The van der Waals surface area contributed by atoms with E-state index in [0.717, 1.165) is 0 Å². The van der Waals surface area contributed by atoms with E-state index in [1.807, 2.05) is 13.8 Å². The number of carbonyl (C=O) groups excluding carboxylic acids is 1. The van der Waals surface area contributed by atoms with Crippen LogP contribution >= 0.6 is 0 Å². The molecule has 0 spiro atoms. The van der Waals surface area contributed by atoms with Crippen molar-refractivity contribution >= 4 is 27.5 Å². The molecule has 0 aliphatic carbocycles. The van der Waals surface area contributed by atoms with Crippen LogP contribution in [0.1, 0.15) is 33.4 Å². The van der Waals surface area contributed by atoms with Crippen molar-refractivity contribution in [1.29, 1.82) is 0 Å². The van der Waals surface area contributed by atoms with Gasteiger partial charge >= 0.3 is 6.03 Å². The number of ether oxygens (including phenoxy) is 1. The number of aromatic nitrogens is 3. The molecule has 2 aromatic heterocycles. The smallest absolute Gasteiger partial charge is 0.320 e. The van der Waals surface area contributed by atoms with Crippen LogP contribution in [-0.2, 0) is 19.3 Å². The van der Waals surface area contributed by atoms with Gasteiger partial charge in [0, 0.05) is 37.2 Å². The molecule has 2 aromatic rings. The molecule has 1 saturated heterocycles. The summed E-state index contributed by atoms with van der Waals surface area (Å²) in [7, 11) is -3.44. The minimum atomic E-state index is -3.44. The summed E-state index contributed by atoms with van der Waals surface area (Å²) >= 11 is 0. The molecule has 32 heavy (non-hydrogen) atoms. The average Bonchev–Trinajstić information content (AvgIpc) is 2.73. The number of rotatable bonds is 6. The number of nitrogens with zero attached hydrogens (tertiary/aromatic N) is 4. The Hall–Kier alpha value is -2.79. The first kappa shape index (κ1) is 23.9. The first-order valence-electron chi connectivity index (χ1n) is 10.5. The molecular formula is C21H30N6O4S. The van der Waals surface area contributed by atoms with Crippen LogP contribution in [0.2, 0.25) is 0 Å². The van der Waals surface area contributed by atoms with Gasteiger partial charge in [-0.15, -0.1) is 0 Å². The predicted octanol–water partition coefficient (Wildman–Crippen LogP) is 2.18. The number of sulfone groups is 1. The van der Waals surface area contributed by atoms with Gasteiger partial charge < -0.3 is 15.0 Å². The maximum absolute atomic E-state index is 12.5. The molecule has 2 amide bonds. The highest BCUT2D eigenvalue weighted by Crippen LogP contribution is 2.32. The number of urea groups is 1. The number of morpholine rings is 1. The van der Waals surface area contributed by atoms with Crippen LogP contribution in [0.4, 0.5) is 16.4 Å². The Bertz CT molecular complexity index is 1070. The zero-order valence-electron chi connectivity index (χ0n) is 19.0. The summed E-state index contributed by atoms with van der Waals surface area (Å²) in [6.45, 7) is 9.41. The SMILES string of the molecule is CCNC(=O)Nc1ccc(-c2nc(N3CCOC[C@@H]3C)cc(C(C)(C)S(C)(=O)=O)n2)cn1. The molecule has 0 saturated carbocycles. The van der Waals surface area contributed by atoms with Gasteiger partial charge in [0.1, 0.15) is 16.4 Å². The van der Waals surface area contributed by atoms with E-state index >= 15 is 0 Å². The molecule has 1 atom stereocenters. The van der Waals surface area contributed by atoms with E-state index in [0.29, 0.717) is 55.0 Å². The van der Waals surface area contributed by atoms with Crippen molar-refractivity contribution in [3.05, 3.63) is 30.1 Å². The number of anilines is 2. The Balaban J connectivity index is 2.04. The molecule has 10 nitrogen and oxygen atoms in total. The number of carbonyl (C=O) groups is 1. The van der Waals surface area contributed by atoms with Crippen LogP contribution in [0.3, 0.4) is 0 Å². The predicted molar refractivity (Wildman–Crippen MR) is 123 cm³/mol. The van der Waals surface area contributed by atoms with Crippen molar-refractivity contribution in [1.82, 2.24) is 20.3 Å². The minimum Gasteiger partial charge on any atom is -0.377 e. The largest absolute Gasteiger partial charge is 0.377 e. The molecule has 3 heterocycles. The maximum atomic E-state index is 12.5. The third-order valence-electron chi connectivity index (χ3n) is 5.52. The molecule has 0 bridgehead atoms. The summed E-state index contributed by atoms with van der Waals surface area (Å²) in [6, 6.07) is 4.88. The van der Waals surface area contributed by atoms with Gasteiger partial charge in [-0.3, -0.25) is 5.32 Å². The highest BCUT2D eigenvalue weighted by Gasteiger charge is 2.35. The van der Waals surface area contributed by atoms with Crippen LogP contribution in [-0.4, -0.2) is 68.0 Å². The first-order chi connectivity index (χ1) is 15.0. The minimum absolute atomic E-state index is 0.0856. The molecule has 0 radical (unpaired) electrons. The molecule has 1 aliphatic heterocycles. The standard InChI is InChI=1S/C21H30N6O4S/c1-6-22-20(28)25-17-8-7-15(12-23-17)19-24-16(21(3,4)32(5,29)30)11-18(26-19)27-9-10-31-13-14(27)2/h7-8,11-12,14H,6,9-10,13H2,1-5H3,(H2,22,23,25,28)/t14-/m0/s1. The van der Waals surface area contributed by atoms with Crippen molar-refractivity contribution in [3.8, 4) is 11.4 Å². The lowest BCUT2D eigenvalue weighted by atomic mass is 10.1. The molecule has 1 fully saturated rings. The number of hydrogen-bond acceptors (Lipinski definition) is 8. The lowest BCUT2D eigenvalue weighted by Gasteiger charge is -2.35. The number of nitrogens with one attached hydrogen (secondary N) is 2. The summed E-state index contributed by atoms with van der Waals surface area (Å²) < 4.78 is 29.3. The summed E-state index contributed by atoms with van der Waals surface area (Å²) in [5.41, 5.74) is 1.02.